The number of nitrogens with zero attached hydrogens (tertiary/aromatic N) is 2. The molecule has 0 amide bonds. The molecule has 1 aromatic heterocycles. The molecule has 0 bridgehead atoms. The summed E-state index contributed by atoms with van der Waals surface area (Å²) in [4.78, 5) is 8.10. The van der Waals surface area contributed by atoms with Gasteiger partial charge in [-0.05, 0) is 46.3 Å². The first kappa shape index (κ1) is 12.0. The molecule has 1 atom stereocenters. The van der Waals surface area contributed by atoms with E-state index >= 15 is 0 Å². The summed E-state index contributed by atoms with van der Waals surface area (Å²) in [6.45, 7) is 5.55. The van der Waals surface area contributed by atoms with Gasteiger partial charge in [0.1, 0.15) is 0 Å². The van der Waals surface area contributed by atoms with Crippen LogP contribution in [-0.2, 0) is 6.54 Å². The normalized spacial score (nSPS) is 23.2. The van der Waals surface area contributed by atoms with Crippen LogP contribution in [0.2, 0.25) is 0 Å². The Balaban J connectivity index is 1.79. The minimum absolute atomic E-state index is 0.687. The van der Waals surface area contributed by atoms with Crippen molar-refractivity contribution in [1.29, 1.82) is 0 Å². The fourth-order valence-corrected chi connectivity index (χ4v) is 2.91. The summed E-state index contributed by atoms with van der Waals surface area (Å²) >= 11 is 1.76. The molecule has 0 spiro atoms. The molecule has 2 rings (SSSR count). The zero-order valence-corrected chi connectivity index (χ0v) is 11.0. The van der Waals surface area contributed by atoms with Gasteiger partial charge in [0, 0.05) is 17.5 Å². The lowest BCUT2D eigenvalue weighted by atomic mass is 10.1. The predicted molar refractivity (Wildman–Crippen MR) is 68.8 cm³/mol. The highest BCUT2D eigenvalue weighted by Gasteiger charge is 2.14. The highest BCUT2D eigenvalue weighted by atomic mass is 32.1. The van der Waals surface area contributed by atoms with E-state index in [4.69, 9.17) is 0 Å². The van der Waals surface area contributed by atoms with Crippen LogP contribution in [0.5, 0.6) is 0 Å². The van der Waals surface area contributed by atoms with Gasteiger partial charge in [0.15, 0.2) is 0 Å². The number of thiazole rings is 1. The minimum Gasteiger partial charge on any atom is -0.309 e. The van der Waals surface area contributed by atoms with Crippen molar-refractivity contribution in [3.8, 4) is 0 Å². The molecule has 0 radical (unpaired) electrons. The zero-order valence-electron chi connectivity index (χ0n) is 10.2. The zero-order chi connectivity index (χ0) is 11.4. The Morgan fingerprint density at radius 1 is 1.50 bits per heavy atom. The maximum Gasteiger partial charge on any atom is 0.0798 e. The second-order valence-electron chi connectivity index (χ2n) is 4.67. The quantitative estimate of drug-likeness (QED) is 0.875. The first-order chi connectivity index (χ1) is 7.75. The van der Waals surface area contributed by atoms with E-state index in [0.29, 0.717) is 6.04 Å². The molecule has 4 heteroatoms. The first-order valence-corrected chi connectivity index (χ1v) is 6.94. The molecule has 1 aliphatic rings. The molecule has 1 saturated heterocycles. The highest BCUT2D eigenvalue weighted by Crippen LogP contribution is 2.14. The lowest BCUT2D eigenvalue weighted by Crippen LogP contribution is -2.29. The Bertz CT molecular complexity index is 324. The van der Waals surface area contributed by atoms with Crippen LogP contribution in [-0.4, -0.2) is 36.1 Å². The van der Waals surface area contributed by atoms with Crippen LogP contribution >= 0.6 is 11.3 Å². The molecule has 2 heterocycles. The third-order valence-corrected chi connectivity index (χ3v) is 4.28. The highest BCUT2D eigenvalue weighted by molar-refractivity contribution is 7.09. The van der Waals surface area contributed by atoms with Crippen LogP contribution in [0.3, 0.4) is 0 Å². The summed E-state index contributed by atoms with van der Waals surface area (Å²) in [6.07, 6.45) is 3.90. The lowest BCUT2D eigenvalue weighted by molar-refractivity contribution is 0.343. The van der Waals surface area contributed by atoms with Gasteiger partial charge >= 0.3 is 0 Å². The molecule has 16 heavy (non-hydrogen) atoms. The van der Waals surface area contributed by atoms with Crippen LogP contribution in [0.15, 0.2) is 5.51 Å². The predicted octanol–water partition coefficient (Wildman–Crippen LogP) is 2.03. The van der Waals surface area contributed by atoms with E-state index in [1.54, 1.807) is 11.3 Å². The number of aryl methyl sites for hydroxylation is 1. The summed E-state index contributed by atoms with van der Waals surface area (Å²) in [5.74, 6) is 0. The average molecular weight is 239 g/mol. The molecular formula is C12H21N3S. The van der Waals surface area contributed by atoms with E-state index in [-0.39, 0.29) is 0 Å². The molecule has 0 saturated carbocycles. The van der Waals surface area contributed by atoms with Crippen molar-refractivity contribution >= 4 is 11.3 Å². The van der Waals surface area contributed by atoms with E-state index in [0.717, 1.165) is 6.54 Å². The van der Waals surface area contributed by atoms with Gasteiger partial charge in [0.25, 0.3) is 0 Å². The monoisotopic (exact) mass is 239 g/mol. The molecule has 3 nitrogen and oxygen atoms in total. The van der Waals surface area contributed by atoms with Gasteiger partial charge < -0.3 is 10.2 Å². The van der Waals surface area contributed by atoms with Crippen molar-refractivity contribution in [3.63, 3.8) is 0 Å². The molecule has 1 unspecified atom stereocenters. The van der Waals surface area contributed by atoms with Gasteiger partial charge in [-0.15, -0.1) is 11.3 Å². The smallest absolute Gasteiger partial charge is 0.0798 e. The second-order valence-corrected chi connectivity index (χ2v) is 5.61. The van der Waals surface area contributed by atoms with Crippen molar-refractivity contribution in [2.45, 2.75) is 38.8 Å². The molecule has 1 N–H and O–H groups in total. The molecule has 90 valence electrons. The van der Waals surface area contributed by atoms with E-state index < -0.39 is 0 Å². The summed E-state index contributed by atoms with van der Waals surface area (Å²) in [5.41, 5.74) is 3.12. The molecule has 1 aromatic rings. The average Bonchev–Trinajstić information content (AvgIpc) is 2.55. The van der Waals surface area contributed by atoms with Crippen molar-refractivity contribution < 1.29 is 0 Å². The van der Waals surface area contributed by atoms with Gasteiger partial charge in [-0.2, -0.15) is 0 Å². The fraction of sp³-hybridized carbons (Fsp3) is 0.750. The van der Waals surface area contributed by atoms with Crippen LogP contribution < -0.4 is 5.32 Å². The third kappa shape index (κ3) is 3.27. The second kappa shape index (κ2) is 5.75. The van der Waals surface area contributed by atoms with E-state index in [1.807, 2.05) is 5.51 Å². The molecular weight excluding hydrogens is 218 g/mol. The van der Waals surface area contributed by atoms with Gasteiger partial charge in [-0.1, -0.05) is 0 Å². The van der Waals surface area contributed by atoms with Crippen molar-refractivity contribution in [1.82, 2.24) is 15.2 Å². The Morgan fingerprint density at radius 2 is 2.38 bits per heavy atom. The fourth-order valence-electron chi connectivity index (χ4n) is 2.18. The largest absolute Gasteiger partial charge is 0.309 e. The Morgan fingerprint density at radius 3 is 3.12 bits per heavy atom. The summed E-state index contributed by atoms with van der Waals surface area (Å²) in [6, 6.07) is 0.687. The number of nitrogens with one attached hydrogen (secondary N) is 1. The number of hydrogen-bond donors (Lipinski definition) is 1. The maximum absolute atomic E-state index is 4.28. The van der Waals surface area contributed by atoms with Crippen molar-refractivity contribution in [3.05, 3.63) is 16.1 Å². The number of aromatic nitrogens is 1. The Kier molecular flexibility index (Phi) is 4.32. The summed E-state index contributed by atoms with van der Waals surface area (Å²) in [7, 11) is 2.22. The number of hydrogen-bond acceptors (Lipinski definition) is 4. The van der Waals surface area contributed by atoms with Gasteiger partial charge in [0.2, 0.25) is 0 Å². The van der Waals surface area contributed by atoms with Crippen LogP contribution in [0.4, 0.5) is 0 Å². The lowest BCUT2D eigenvalue weighted by Gasteiger charge is -2.16. The summed E-state index contributed by atoms with van der Waals surface area (Å²) in [5, 5.41) is 3.67. The van der Waals surface area contributed by atoms with Crippen molar-refractivity contribution in [2.75, 3.05) is 20.1 Å². The SMILES string of the molecule is Cc1ncsc1CNC1CCCN(C)CC1. The topological polar surface area (TPSA) is 28.2 Å². The third-order valence-electron chi connectivity index (χ3n) is 3.35. The van der Waals surface area contributed by atoms with Crippen LogP contribution in [0.1, 0.15) is 29.8 Å². The minimum atomic E-state index is 0.687. The van der Waals surface area contributed by atoms with Gasteiger partial charge in [0.05, 0.1) is 11.2 Å². The number of likely N-dealkylation sites (tertiary alicyclic amines) is 1. The van der Waals surface area contributed by atoms with E-state index in [1.165, 1.54) is 42.9 Å². The number of rotatable bonds is 3. The maximum atomic E-state index is 4.28. The Hall–Kier alpha value is -0.450. The Labute approximate surface area is 102 Å². The van der Waals surface area contributed by atoms with Crippen molar-refractivity contribution in [2.24, 2.45) is 0 Å². The summed E-state index contributed by atoms with van der Waals surface area (Å²) < 4.78 is 0. The van der Waals surface area contributed by atoms with Crippen LogP contribution in [0, 0.1) is 6.92 Å². The van der Waals surface area contributed by atoms with Crippen LogP contribution in [0.25, 0.3) is 0 Å². The van der Waals surface area contributed by atoms with Gasteiger partial charge in [-0.25, -0.2) is 4.98 Å². The molecule has 0 aromatic carbocycles. The van der Waals surface area contributed by atoms with E-state index in [2.05, 4.69) is 29.2 Å². The molecule has 1 aliphatic heterocycles. The molecule has 0 aliphatic carbocycles. The van der Waals surface area contributed by atoms with Gasteiger partial charge in [-0.3, -0.25) is 0 Å². The van der Waals surface area contributed by atoms with E-state index in [9.17, 15) is 0 Å². The molecule has 1 fully saturated rings. The standard InChI is InChI=1S/C12H21N3S/c1-10-12(16-9-14-10)8-13-11-4-3-6-15(2)7-5-11/h9,11,13H,3-8H2,1-2H3. The first-order valence-electron chi connectivity index (χ1n) is 6.06.